The molecule has 21 heavy (non-hydrogen) atoms. The van der Waals surface area contributed by atoms with E-state index in [1.165, 1.54) is 0 Å². The number of rotatable bonds is 4. The summed E-state index contributed by atoms with van der Waals surface area (Å²) in [4.78, 5) is 12.1. The van der Waals surface area contributed by atoms with Crippen molar-refractivity contribution in [1.82, 2.24) is 5.32 Å². The number of carbonyl (C=O) groups excluding carboxylic acids is 1. The molecule has 0 spiro atoms. The van der Waals surface area contributed by atoms with Gasteiger partial charge in [0.25, 0.3) is 5.91 Å². The van der Waals surface area contributed by atoms with Crippen molar-refractivity contribution in [2.75, 3.05) is 6.79 Å². The van der Waals surface area contributed by atoms with Crippen LogP contribution < -0.4 is 14.8 Å². The number of carbonyl (C=O) groups is 1. The van der Waals surface area contributed by atoms with Gasteiger partial charge in [-0.15, -0.1) is 0 Å². The van der Waals surface area contributed by atoms with Crippen LogP contribution in [-0.4, -0.2) is 12.7 Å². The Morgan fingerprint density at radius 2 is 1.76 bits per heavy atom. The molecule has 0 saturated carbocycles. The van der Waals surface area contributed by atoms with Crippen LogP contribution in [0.1, 0.15) is 21.5 Å². The second-order valence-electron chi connectivity index (χ2n) is 4.70. The lowest BCUT2D eigenvalue weighted by Crippen LogP contribution is -2.22. The quantitative estimate of drug-likeness (QED) is 0.863. The fourth-order valence-corrected chi connectivity index (χ4v) is 2.45. The minimum atomic E-state index is -0.0891. The maximum absolute atomic E-state index is 12.1. The third-order valence-corrected chi connectivity index (χ3v) is 3.91. The monoisotopic (exact) mass is 347 g/mol. The molecule has 1 heterocycles. The molecule has 0 fully saturated rings. The summed E-state index contributed by atoms with van der Waals surface area (Å²) in [5, 5.41) is 3.68. The first-order chi connectivity index (χ1) is 10.3. The third-order valence-electron chi connectivity index (χ3n) is 3.26. The van der Waals surface area contributed by atoms with Crippen LogP contribution >= 0.6 is 15.9 Å². The predicted octanol–water partition coefficient (Wildman–Crippen LogP) is 3.24. The Balaban J connectivity index is 1.62. The van der Waals surface area contributed by atoms with E-state index in [0.29, 0.717) is 12.1 Å². The molecule has 0 atom stereocenters. The predicted molar refractivity (Wildman–Crippen MR) is 82.8 cm³/mol. The molecule has 1 aliphatic rings. The number of hydrogen-bond acceptors (Lipinski definition) is 3. The minimum Gasteiger partial charge on any atom is -0.454 e. The highest BCUT2D eigenvalue weighted by atomic mass is 79.9. The molecular weight excluding hydrogens is 334 g/mol. The van der Waals surface area contributed by atoms with Crippen molar-refractivity contribution >= 4 is 21.8 Å². The molecule has 108 valence electrons. The van der Waals surface area contributed by atoms with Crippen molar-refractivity contribution in [2.45, 2.75) is 11.9 Å². The summed E-state index contributed by atoms with van der Waals surface area (Å²) < 4.78 is 10.6. The Morgan fingerprint density at radius 1 is 1.05 bits per heavy atom. The Hall–Kier alpha value is -2.01. The molecule has 4 nitrogen and oxygen atoms in total. The van der Waals surface area contributed by atoms with E-state index < -0.39 is 0 Å². The van der Waals surface area contributed by atoms with Crippen LogP contribution in [0.15, 0.2) is 42.5 Å². The first-order valence-corrected chi connectivity index (χ1v) is 7.70. The number of benzene rings is 2. The maximum Gasteiger partial charge on any atom is 0.251 e. The van der Waals surface area contributed by atoms with Crippen LogP contribution in [0.25, 0.3) is 0 Å². The highest BCUT2D eigenvalue weighted by molar-refractivity contribution is 9.08. The summed E-state index contributed by atoms with van der Waals surface area (Å²) in [5.74, 6) is 1.38. The highest BCUT2D eigenvalue weighted by Gasteiger charge is 2.13. The summed E-state index contributed by atoms with van der Waals surface area (Å²) in [5.41, 5.74) is 2.77. The van der Waals surface area contributed by atoms with Gasteiger partial charge >= 0.3 is 0 Å². The van der Waals surface area contributed by atoms with E-state index in [0.717, 1.165) is 28.0 Å². The third kappa shape index (κ3) is 3.19. The molecule has 2 aromatic carbocycles. The van der Waals surface area contributed by atoms with Crippen molar-refractivity contribution in [1.29, 1.82) is 0 Å². The minimum absolute atomic E-state index is 0.0891. The van der Waals surface area contributed by atoms with E-state index in [1.807, 2.05) is 42.5 Å². The first-order valence-electron chi connectivity index (χ1n) is 6.58. The number of nitrogens with one attached hydrogen (secondary N) is 1. The molecule has 0 radical (unpaired) electrons. The highest BCUT2D eigenvalue weighted by Crippen LogP contribution is 2.32. The van der Waals surface area contributed by atoms with Crippen LogP contribution in [0.2, 0.25) is 0 Å². The molecule has 0 bridgehead atoms. The van der Waals surface area contributed by atoms with Gasteiger partial charge in [-0.25, -0.2) is 0 Å². The second kappa shape index (κ2) is 6.18. The Bertz CT molecular complexity index is 655. The van der Waals surface area contributed by atoms with Gasteiger partial charge in [-0.1, -0.05) is 34.1 Å². The van der Waals surface area contributed by atoms with Gasteiger partial charge in [0, 0.05) is 17.4 Å². The van der Waals surface area contributed by atoms with Gasteiger partial charge in [0.1, 0.15) is 0 Å². The van der Waals surface area contributed by atoms with Crippen LogP contribution in [0.3, 0.4) is 0 Å². The summed E-state index contributed by atoms with van der Waals surface area (Å²) in [6.45, 7) is 0.709. The number of fused-ring (bicyclic) bond motifs is 1. The van der Waals surface area contributed by atoms with Crippen LogP contribution in [0.5, 0.6) is 11.5 Å². The first kappa shape index (κ1) is 13.9. The van der Waals surface area contributed by atoms with E-state index in [4.69, 9.17) is 9.47 Å². The van der Waals surface area contributed by atoms with Crippen molar-refractivity contribution in [3.63, 3.8) is 0 Å². The Labute approximate surface area is 131 Å². The molecule has 5 heteroatoms. The molecule has 1 aliphatic heterocycles. The van der Waals surface area contributed by atoms with Crippen LogP contribution in [-0.2, 0) is 11.9 Å². The number of amides is 1. The topological polar surface area (TPSA) is 47.6 Å². The normalized spacial score (nSPS) is 12.2. The zero-order chi connectivity index (χ0) is 14.7. The lowest BCUT2D eigenvalue weighted by Gasteiger charge is -2.07. The summed E-state index contributed by atoms with van der Waals surface area (Å²) >= 11 is 3.38. The SMILES string of the molecule is O=C(NCc1ccc2c(c1)OCO2)c1ccc(CBr)cc1. The lowest BCUT2D eigenvalue weighted by atomic mass is 10.1. The van der Waals surface area contributed by atoms with Gasteiger partial charge in [-0.2, -0.15) is 0 Å². The molecule has 3 rings (SSSR count). The number of alkyl halides is 1. The fraction of sp³-hybridized carbons (Fsp3) is 0.188. The van der Waals surface area contributed by atoms with E-state index in [2.05, 4.69) is 21.2 Å². The molecule has 2 aromatic rings. The molecule has 0 aliphatic carbocycles. The fourth-order valence-electron chi connectivity index (χ4n) is 2.08. The molecular formula is C16H14BrNO3. The van der Waals surface area contributed by atoms with Gasteiger partial charge in [0.2, 0.25) is 6.79 Å². The molecule has 1 N–H and O–H groups in total. The Kier molecular flexibility index (Phi) is 4.10. The van der Waals surface area contributed by atoms with Gasteiger partial charge in [-0.05, 0) is 35.4 Å². The second-order valence-corrected chi connectivity index (χ2v) is 5.26. The number of halogens is 1. The van der Waals surface area contributed by atoms with Gasteiger partial charge in [0.15, 0.2) is 11.5 Å². The number of hydrogen-bond donors (Lipinski definition) is 1. The van der Waals surface area contributed by atoms with E-state index in [9.17, 15) is 4.79 Å². The maximum atomic E-state index is 12.1. The van der Waals surface area contributed by atoms with E-state index in [-0.39, 0.29) is 12.7 Å². The zero-order valence-electron chi connectivity index (χ0n) is 11.3. The summed E-state index contributed by atoms with van der Waals surface area (Å²) in [6.07, 6.45) is 0. The van der Waals surface area contributed by atoms with E-state index >= 15 is 0 Å². The van der Waals surface area contributed by atoms with Gasteiger partial charge < -0.3 is 14.8 Å². The van der Waals surface area contributed by atoms with Crippen LogP contribution in [0.4, 0.5) is 0 Å². The van der Waals surface area contributed by atoms with Gasteiger partial charge in [0.05, 0.1) is 0 Å². The van der Waals surface area contributed by atoms with Crippen LogP contribution in [0, 0.1) is 0 Å². The van der Waals surface area contributed by atoms with E-state index in [1.54, 1.807) is 0 Å². The Morgan fingerprint density at radius 3 is 2.52 bits per heavy atom. The molecule has 0 saturated heterocycles. The summed E-state index contributed by atoms with van der Waals surface area (Å²) in [6, 6.07) is 13.2. The molecule has 0 aromatic heterocycles. The molecule has 1 amide bonds. The lowest BCUT2D eigenvalue weighted by molar-refractivity contribution is 0.0951. The largest absolute Gasteiger partial charge is 0.454 e. The standard InChI is InChI=1S/C16H14BrNO3/c17-8-11-1-4-13(5-2-11)16(19)18-9-12-3-6-14-15(7-12)21-10-20-14/h1-7H,8-10H2,(H,18,19). The van der Waals surface area contributed by atoms with Crippen molar-refractivity contribution < 1.29 is 14.3 Å². The number of ether oxygens (including phenoxy) is 2. The van der Waals surface area contributed by atoms with Gasteiger partial charge in [-0.3, -0.25) is 4.79 Å². The zero-order valence-corrected chi connectivity index (χ0v) is 12.9. The molecule has 0 unspecified atom stereocenters. The average Bonchev–Trinajstić information content (AvgIpc) is 3.00. The van der Waals surface area contributed by atoms with Crippen molar-refractivity contribution in [2.24, 2.45) is 0 Å². The summed E-state index contributed by atoms with van der Waals surface area (Å²) in [7, 11) is 0. The smallest absolute Gasteiger partial charge is 0.251 e. The average molecular weight is 348 g/mol. The van der Waals surface area contributed by atoms with Crippen molar-refractivity contribution in [3.8, 4) is 11.5 Å². The van der Waals surface area contributed by atoms with Crippen molar-refractivity contribution in [3.05, 3.63) is 59.2 Å².